The Kier molecular flexibility index (Phi) is 11.6. The van der Waals surface area contributed by atoms with Crippen molar-refractivity contribution in [2.75, 3.05) is 20.3 Å². The van der Waals surface area contributed by atoms with Crippen LogP contribution in [0.5, 0.6) is 0 Å². The second kappa shape index (κ2) is 14.6. The van der Waals surface area contributed by atoms with Crippen molar-refractivity contribution >= 4 is 0 Å². The van der Waals surface area contributed by atoms with Gasteiger partial charge in [0.1, 0.15) is 37.6 Å². The Morgan fingerprint density at radius 3 is 1.38 bits per heavy atom. The predicted molar refractivity (Wildman–Crippen MR) is 112 cm³/mol. The van der Waals surface area contributed by atoms with E-state index in [9.17, 15) is 60.7 Å². The van der Waals surface area contributed by atoms with Crippen molar-refractivity contribution in [3.05, 3.63) is 60.7 Å². The Morgan fingerprint density at radius 2 is 0.952 bits per heavy atom. The molecule has 0 N–H and O–H groups in total. The van der Waals surface area contributed by atoms with Crippen LogP contribution in [0.25, 0.3) is 0 Å². The summed E-state index contributed by atoms with van der Waals surface area (Å²) >= 11 is 0. The summed E-state index contributed by atoms with van der Waals surface area (Å²) in [6.07, 6.45) is -20.1. The molecule has 0 aliphatic carbocycles. The Hall–Kier alpha value is -4.96. The normalized spacial score (nSPS) is 32.4. The van der Waals surface area contributed by atoms with Gasteiger partial charge in [-0.2, -0.15) is 0 Å². The molecule has 4 unspecified atom stereocenters. The van der Waals surface area contributed by atoms with Crippen LogP contribution in [0.4, 0.5) is 0 Å². The van der Waals surface area contributed by atoms with Gasteiger partial charge >= 0.3 is 0 Å². The van der Waals surface area contributed by atoms with E-state index in [0.29, 0.717) is 0 Å². The molecular weight excluding hydrogens is 604 g/mol. The number of ether oxygens (including phenoxy) is 4. The molecule has 2 fully saturated rings. The first-order valence-electron chi connectivity index (χ1n) is 10.9. The molecule has 0 aromatic carbocycles. The van der Waals surface area contributed by atoms with E-state index in [-0.39, 0.29) is 0 Å². The van der Waals surface area contributed by atoms with Gasteiger partial charge in [-0.15, -0.1) is 60.7 Å². The van der Waals surface area contributed by atoms with Gasteiger partial charge in [-0.05, 0) is 6.92 Å². The lowest BCUT2D eigenvalue weighted by atomic mass is 9.94. The molecule has 10 atom stereocenters. The largest absolute Gasteiger partial charge is 0.376 e. The Bertz CT molecular complexity index is 1020. The zero-order chi connectivity index (χ0) is 31.7. The van der Waals surface area contributed by atoms with Crippen LogP contribution in [-0.2, 0) is 48.0 Å². The van der Waals surface area contributed by atoms with Crippen LogP contribution in [0, 0.1) is 60.7 Å². The first-order valence-corrected chi connectivity index (χ1v) is 10.9. The number of methoxy groups -OCH3 is 1. The van der Waals surface area contributed by atoms with Crippen molar-refractivity contribution in [1.82, 2.24) is 0 Å². The van der Waals surface area contributed by atoms with Crippen LogP contribution in [0.1, 0.15) is 6.92 Å². The third-order valence-corrected chi connectivity index (χ3v) is 5.54. The predicted octanol–water partition coefficient (Wildman–Crippen LogP) is -2.38. The van der Waals surface area contributed by atoms with Crippen molar-refractivity contribution in [2.45, 2.75) is 68.1 Å². The molecule has 0 radical (unpaired) electrons. The molecule has 2 aliphatic rings. The number of nitrogens with zero attached hydrogens (tertiary/aromatic N) is 6. The summed E-state index contributed by atoms with van der Waals surface area (Å²) in [7, 11) is 0.899. The molecule has 2 rings (SSSR count). The molecular formula is C14H20N6O22. The average Bonchev–Trinajstić information content (AvgIpc) is 2.86. The summed E-state index contributed by atoms with van der Waals surface area (Å²) in [6.45, 7) is -1.07. The fourth-order valence-corrected chi connectivity index (χ4v) is 4.12. The van der Waals surface area contributed by atoms with Gasteiger partial charge in [0.2, 0.25) is 0 Å². The first kappa shape index (κ1) is 33.2. The minimum atomic E-state index is -2.36. The molecule has 238 valence electrons. The maximum absolute atomic E-state index is 11.3. The smallest absolute Gasteiger partial charge is 0.295 e. The lowest BCUT2D eigenvalue weighted by Crippen LogP contribution is -2.66. The van der Waals surface area contributed by atoms with Crippen LogP contribution in [0.15, 0.2) is 0 Å². The van der Waals surface area contributed by atoms with Crippen molar-refractivity contribution in [3.63, 3.8) is 0 Å². The zero-order valence-electron chi connectivity index (χ0n) is 20.9. The van der Waals surface area contributed by atoms with Crippen LogP contribution < -0.4 is 0 Å². The van der Waals surface area contributed by atoms with Gasteiger partial charge in [-0.1, -0.05) is 0 Å². The van der Waals surface area contributed by atoms with E-state index in [4.69, 9.17) is 18.9 Å². The highest BCUT2D eigenvalue weighted by molar-refractivity contribution is 4.96. The zero-order valence-corrected chi connectivity index (χ0v) is 20.9. The molecule has 0 saturated carbocycles. The molecule has 28 heteroatoms. The highest BCUT2D eigenvalue weighted by Gasteiger charge is 2.56. The average molecular weight is 624 g/mol. The monoisotopic (exact) mass is 624 g/mol. The maximum atomic E-state index is 11.3. The summed E-state index contributed by atoms with van der Waals surface area (Å²) < 4.78 is 21.3. The minimum absolute atomic E-state index is 0.899. The molecule has 0 aromatic heterocycles. The van der Waals surface area contributed by atoms with Crippen LogP contribution in [0.3, 0.4) is 0 Å². The molecule has 0 spiro atoms. The van der Waals surface area contributed by atoms with Gasteiger partial charge in [0.05, 0.1) is 6.10 Å². The van der Waals surface area contributed by atoms with E-state index in [1.807, 2.05) is 0 Å². The van der Waals surface area contributed by atoms with E-state index in [0.717, 1.165) is 14.0 Å². The minimum Gasteiger partial charge on any atom is -0.376 e. The van der Waals surface area contributed by atoms with Crippen molar-refractivity contribution in [2.24, 2.45) is 0 Å². The standard InChI is InChI=1S/C14H20N6O22/c1-5-8(39-17(25)26)11(40-18(27)28)10(7(36-5)4-35-16(23)24)38-14-13(42-20(31)32)12(41-19(29)30)9(33-2)6(37-14)3-34-15(21)22/h5-14H,3-4H2,1-2H3/t5-,6?,7-,8?,9+,10+,11?,12-,13?,14-/m0/s1. The number of rotatable bonds is 17. The summed E-state index contributed by atoms with van der Waals surface area (Å²) in [5, 5.41) is 57.9. The lowest BCUT2D eigenvalue weighted by Gasteiger charge is -2.47. The van der Waals surface area contributed by atoms with E-state index in [1.165, 1.54) is 0 Å². The van der Waals surface area contributed by atoms with Gasteiger partial charge in [0.15, 0.2) is 30.7 Å². The molecule has 0 aromatic rings. The molecule has 0 bridgehead atoms. The number of hydrogen-bond acceptors (Lipinski definition) is 22. The molecule has 28 nitrogen and oxygen atoms in total. The third-order valence-electron chi connectivity index (χ3n) is 5.54. The van der Waals surface area contributed by atoms with Gasteiger partial charge in [-0.3, -0.25) is 0 Å². The molecule has 2 saturated heterocycles. The Morgan fingerprint density at radius 1 is 0.548 bits per heavy atom. The fourth-order valence-electron chi connectivity index (χ4n) is 4.12. The molecule has 2 heterocycles. The van der Waals surface area contributed by atoms with Crippen LogP contribution in [0.2, 0.25) is 0 Å². The summed E-state index contributed by atoms with van der Waals surface area (Å²) in [4.78, 5) is 92.5. The highest BCUT2D eigenvalue weighted by atomic mass is 17.0. The molecule has 42 heavy (non-hydrogen) atoms. The topological polar surface area (TPSA) is 351 Å². The first-order chi connectivity index (χ1) is 19.6. The second-order valence-corrected chi connectivity index (χ2v) is 7.94. The number of hydrogen-bond donors (Lipinski definition) is 0. The quantitative estimate of drug-likeness (QED) is 0.120. The SMILES string of the molecule is CO[C@@H]1C(CO[N+](=O)[O-])O[C@@H](O[C@H]2C(O[N+](=O)[O-])C(O[N+](=O)[O-])[C@H](C)O[C@H]2CO[N+](=O)[O-])C(O[N+](=O)[O-])[C@H]1O[N+](=O)[O-]. The summed E-state index contributed by atoms with van der Waals surface area (Å²) in [5.74, 6) is 0. The van der Waals surface area contributed by atoms with Crippen LogP contribution in [-0.4, -0.2) is 112 Å². The molecule has 2 aliphatic heterocycles. The summed E-state index contributed by atoms with van der Waals surface area (Å²) in [5.41, 5.74) is 0. The lowest BCUT2D eigenvalue weighted by molar-refractivity contribution is -0.810. The highest BCUT2D eigenvalue weighted by Crippen LogP contribution is 2.34. The Balaban J connectivity index is 2.61. The Labute approximate surface area is 228 Å². The maximum Gasteiger partial charge on any atom is 0.295 e. The van der Waals surface area contributed by atoms with Crippen LogP contribution >= 0.6 is 0 Å². The fraction of sp³-hybridized carbons (Fsp3) is 1.00. The molecule has 0 amide bonds. The van der Waals surface area contributed by atoms with Gasteiger partial charge < -0.3 is 48.0 Å². The van der Waals surface area contributed by atoms with E-state index in [1.54, 1.807) is 0 Å². The van der Waals surface area contributed by atoms with Crippen molar-refractivity contribution in [1.29, 1.82) is 0 Å². The van der Waals surface area contributed by atoms with Crippen molar-refractivity contribution < 1.29 is 78.5 Å². The van der Waals surface area contributed by atoms with E-state index >= 15 is 0 Å². The summed E-state index contributed by atoms with van der Waals surface area (Å²) in [6, 6.07) is 0. The van der Waals surface area contributed by atoms with E-state index < -0.39 is 105 Å². The van der Waals surface area contributed by atoms with Gasteiger partial charge in [0, 0.05) is 7.11 Å². The van der Waals surface area contributed by atoms with E-state index in [2.05, 4.69) is 29.0 Å². The van der Waals surface area contributed by atoms with Crippen molar-refractivity contribution in [3.8, 4) is 0 Å². The third kappa shape index (κ3) is 9.03. The van der Waals surface area contributed by atoms with Gasteiger partial charge in [-0.25, -0.2) is 0 Å². The van der Waals surface area contributed by atoms with Gasteiger partial charge in [0.25, 0.3) is 30.5 Å². The second-order valence-electron chi connectivity index (χ2n) is 7.94.